The second-order valence-corrected chi connectivity index (χ2v) is 9.35. The van der Waals surface area contributed by atoms with Crippen LogP contribution in [0, 0.1) is 0 Å². The number of nitrogens with zero attached hydrogens (tertiary/aromatic N) is 3. The number of carbonyl (C=O) groups excluding carboxylic acids is 1. The fourth-order valence-electron chi connectivity index (χ4n) is 4.45. The van der Waals surface area contributed by atoms with Crippen molar-refractivity contribution in [3.63, 3.8) is 0 Å². The number of nitrogens with one attached hydrogen (secondary N) is 1. The van der Waals surface area contributed by atoms with Gasteiger partial charge in [-0.15, -0.1) is 11.3 Å². The minimum atomic E-state index is 0.0454. The molecule has 0 bridgehead atoms. The van der Waals surface area contributed by atoms with Crippen molar-refractivity contribution < 1.29 is 9.53 Å². The zero-order valence-electron chi connectivity index (χ0n) is 17.6. The molecule has 0 spiro atoms. The second-order valence-electron chi connectivity index (χ2n) is 8.29. The summed E-state index contributed by atoms with van der Waals surface area (Å²) in [5, 5.41) is 4.26. The maximum absolute atomic E-state index is 12.7. The molecule has 7 heteroatoms. The maximum atomic E-state index is 12.7. The lowest BCUT2D eigenvalue weighted by atomic mass is 9.99. The van der Waals surface area contributed by atoms with E-state index in [4.69, 9.17) is 9.72 Å². The summed E-state index contributed by atoms with van der Waals surface area (Å²) < 4.78 is 6.66. The van der Waals surface area contributed by atoms with Crippen LogP contribution in [0.5, 0.6) is 0 Å². The number of benzene rings is 2. The lowest BCUT2D eigenvalue weighted by Gasteiger charge is -2.31. The minimum absolute atomic E-state index is 0.0454. The van der Waals surface area contributed by atoms with Gasteiger partial charge in [0, 0.05) is 36.9 Å². The summed E-state index contributed by atoms with van der Waals surface area (Å²) in [6.07, 6.45) is 2.24. The standard InChI is InChI=1S/C24H28N4O2S/c29-23(25-19-7-9-20(10-8-19)28-12-14-30-15-13-28)17-27-11-3-4-18(16-27)24-26-21-5-1-2-6-22(21)31-24/h1-2,5-10,18H,3-4,11-17H2,(H,25,29)/t18-/m0/s1. The maximum Gasteiger partial charge on any atom is 0.238 e. The quantitative estimate of drug-likeness (QED) is 0.656. The van der Waals surface area contributed by atoms with Gasteiger partial charge >= 0.3 is 0 Å². The molecule has 2 aliphatic heterocycles. The topological polar surface area (TPSA) is 57.7 Å². The molecule has 2 aromatic carbocycles. The molecular formula is C24H28N4O2S. The summed E-state index contributed by atoms with van der Waals surface area (Å²) >= 11 is 1.79. The first-order valence-corrected chi connectivity index (χ1v) is 11.9. The Hall–Kier alpha value is -2.48. The number of ether oxygens (including phenoxy) is 1. The van der Waals surface area contributed by atoms with E-state index in [-0.39, 0.29) is 5.91 Å². The first-order chi connectivity index (χ1) is 15.2. The fraction of sp³-hybridized carbons (Fsp3) is 0.417. The Morgan fingerprint density at radius 2 is 1.90 bits per heavy atom. The van der Waals surface area contributed by atoms with E-state index in [9.17, 15) is 4.79 Å². The predicted octanol–water partition coefficient (Wildman–Crippen LogP) is 3.95. The number of fused-ring (bicyclic) bond motifs is 1. The van der Waals surface area contributed by atoms with Crippen molar-refractivity contribution in [3.05, 3.63) is 53.5 Å². The van der Waals surface area contributed by atoms with Crippen LogP contribution < -0.4 is 10.2 Å². The van der Waals surface area contributed by atoms with Crippen LogP contribution in [0.15, 0.2) is 48.5 Å². The molecular weight excluding hydrogens is 408 g/mol. The number of hydrogen-bond donors (Lipinski definition) is 1. The highest BCUT2D eigenvalue weighted by atomic mass is 32.1. The number of carbonyl (C=O) groups is 1. The summed E-state index contributed by atoms with van der Waals surface area (Å²) in [5.41, 5.74) is 3.11. The molecule has 3 aromatic rings. The summed E-state index contributed by atoms with van der Waals surface area (Å²) in [4.78, 5) is 22.1. The number of aromatic nitrogens is 1. The van der Waals surface area contributed by atoms with Crippen molar-refractivity contribution in [3.8, 4) is 0 Å². The highest BCUT2D eigenvalue weighted by molar-refractivity contribution is 7.18. The lowest BCUT2D eigenvalue weighted by Crippen LogP contribution is -2.39. The summed E-state index contributed by atoms with van der Waals surface area (Å²) in [7, 11) is 0. The number of amides is 1. The normalized spacial score (nSPS) is 20.1. The van der Waals surface area contributed by atoms with E-state index in [0.29, 0.717) is 12.5 Å². The van der Waals surface area contributed by atoms with Crippen LogP contribution in [-0.2, 0) is 9.53 Å². The fourth-order valence-corrected chi connectivity index (χ4v) is 5.54. The first kappa shape index (κ1) is 20.4. The molecule has 2 fully saturated rings. The number of hydrogen-bond acceptors (Lipinski definition) is 6. The van der Waals surface area contributed by atoms with Gasteiger partial charge in [0.25, 0.3) is 0 Å². The van der Waals surface area contributed by atoms with Crippen molar-refractivity contribution in [1.82, 2.24) is 9.88 Å². The van der Waals surface area contributed by atoms with Gasteiger partial charge in [-0.05, 0) is 55.8 Å². The summed E-state index contributed by atoms with van der Waals surface area (Å²) in [6, 6.07) is 16.4. The van der Waals surface area contributed by atoms with Gasteiger partial charge in [-0.3, -0.25) is 9.69 Å². The van der Waals surface area contributed by atoms with Crippen molar-refractivity contribution in [2.45, 2.75) is 18.8 Å². The molecule has 1 atom stereocenters. The van der Waals surface area contributed by atoms with Gasteiger partial charge in [-0.1, -0.05) is 12.1 Å². The van der Waals surface area contributed by atoms with Gasteiger partial charge in [0.2, 0.25) is 5.91 Å². The smallest absolute Gasteiger partial charge is 0.238 e. The molecule has 6 nitrogen and oxygen atoms in total. The molecule has 31 heavy (non-hydrogen) atoms. The van der Waals surface area contributed by atoms with E-state index >= 15 is 0 Å². The third-order valence-electron chi connectivity index (χ3n) is 6.06. The minimum Gasteiger partial charge on any atom is -0.378 e. The molecule has 1 N–H and O–H groups in total. The molecule has 0 saturated carbocycles. The third kappa shape index (κ3) is 4.89. The predicted molar refractivity (Wildman–Crippen MR) is 126 cm³/mol. The van der Waals surface area contributed by atoms with Gasteiger partial charge in [0.1, 0.15) is 0 Å². The molecule has 1 aromatic heterocycles. The largest absolute Gasteiger partial charge is 0.378 e. The Balaban J connectivity index is 1.16. The first-order valence-electron chi connectivity index (χ1n) is 11.0. The van der Waals surface area contributed by atoms with E-state index in [1.165, 1.54) is 15.4 Å². The highest BCUT2D eigenvalue weighted by Crippen LogP contribution is 2.32. The van der Waals surface area contributed by atoms with Crippen molar-refractivity contribution >= 4 is 38.8 Å². The number of rotatable bonds is 5. The zero-order chi connectivity index (χ0) is 21.0. The Kier molecular flexibility index (Phi) is 6.15. The summed E-state index contributed by atoms with van der Waals surface area (Å²) in [5.74, 6) is 0.454. The SMILES string of the molecule is O=C(CN1CCC[C@H](c2nc3ccccc3s2)C1)Nc1ccc(N2CCOCC2)cc1. The Morgan fingerprint density at radius 1 is 1.10 bits per heavy atom. The molecule has 3 heterocycles. The Morgan fingerprint density at radius 3 is 2.71 bits per heavy atom. The van der Waals surface area contributed by atoms with Crippen molar-refractivity contribution in [2.75, 3.05) is 56.2 Å². The average Bonchev–Trinajstić information content (AvgIpc) is 3.25. The Labute approximate surface area is 186 Å². The molecule has 0 aliphatic carbocycles. The molecule has 0 unspecified atom stereocenters. The van der Waals surface area contributed by atoms with Gasteiger partial charge in [-0.2, -0.15) is 0 Å². The number of para-hydroxylation sites is 1. The molecule has 2 aliphatic rings. The van der Waals surface area contributed by atoms with E-state index in [1.54, 1.807) is 11.3 Å². The summed E-state index contributed by atoms with van der Waals surface area (Å²) in [6.45, 7) is 5.65. The highest BCUT2D eigenvalue weighted by Gasteiger charge is 2.25. The van der Waals surface area contributed by atoms with Crippen LogP contribution in [0.4, 0.5) is 11.4 Å². The number of thiazole rings is 1. The van der Waals surface area contributed by atoms with Crippen molar-refractivity contribution in [2.24, 2.45) is 0 Å². The number of morpholine rings is 1. The van der Waals surface area contributed by atoms with Crippen LogP contribution in [0.3, 0.4) is 0 Å². The Bertz CT molecular complexity index is 996. The van der Waals surface area contributed by atoms with Crippen LogP contribution in [0.1, 0.15) is 23.8 Å². The lowest BCUT2D eigenvalue weighted by molar-refractivity contribution is -0.117. The van der Waals surface area contributed by atoms with Gasteiger partial charge in [0.15, 0.2) is 0 Å². The average molecular weight is 437 g/mol. The number of anilines is 2. The number of likely N-dealkylation sites (tertiary alicyclic amines) is 1. The van der Waals surface area contributed by atoms with Gasteiger partial charge in [-0.25, -0.2) is 4.98 Å². The van der Waals surface area contributed by atoms with E-state index in [0.717, 1.165) is 63.4 Å². The number of piperidine rings is 1. The zero-order valence-corrected chi connectivity index (χ0v) is 18.4. The molecule has 0 radical (unpaired) electrons. The van der Waals surface area contributed by atoms with E-state index in [2.05, 4.69) is 45.4 Å². The molecule has 1 amide bonds. The van der Waals surface area contributed by atoms with Crippen molar-refractivity contribution in [1.29, 1.82) is 0 Å². The van der Waals surface area contributed by atoms with Gasteiger partial charge < -0.3 is 15.0 Å². The van der Waals surface area contributed by atoms with Crippen LogP contribution in [0.2, 0.25) is 0 Å². The molecule has 5 rings (SSSR count). The monoisotopic (exact) mass is 436 g/mol. The van der Waals surface area contributed by atoms with Crippen LogP contribution in [0.25, 0.3) is 10.2 Å². The molecule has 2 saturated heterocycles. The third-order valence-corrected chi connectivity index (χ3v) is 7.26. The van der Waals surface area contributed by atoms with Crippen LogP contribution >= 0.6 is 11.3 Å². The van der Waals surface area contributed by atoms with Crippen LogP contribution in [-0.4, -0.2) is 61.7 Å². The van der Waals surface area contributed by atoms with Gasteiger partial charge in [0.05, 0.1) is 35.0 Å². The van der Waals surface area contributed by atoms with E-state index in [1.807, 2.05) is 18.2 Å². The van der Waals surface area contributed by atoms with E-state index < -0.39 is 0 Å². The molecule has 162 valence electrons. The second kappa shape index (κ2) is 9.34.